The lowest BCUT2D eigenvalue weighted by atomic mass is 10.6. The summed E-state index contributed by atoms with van der Waals surface area (Å²) in [7, 11) is 0. The summed E-state index contributed by atoms with van der Waals surface area (Å²) in [5, 5.41) is 1.87. The van der Waals surface area contributed by atoms with Crippen molar-refractivity contribution in [2.24, 2.45) is 0 Å². The highest BCUT2D eigenvalue weighted by Crippen LogP contribution is 2.00. The molecule has 0 bridgehead atoms. The first kappa shape index (κ1) is 11.0. The fourth-order valence-electron chi connectivity index (χ4n) is 0.420. The normalized spacial score (nSPS) is 9.67. The summed E-state index contributed by atoms with van der Waals surface area (Å²) in [6, 6.07) is 0. The quantitative estimate of drug-likeness (QED) is 0.274. The average Bonchev–Trinajstić information content (AvgIpc) is 2.10. The van der Waals surface area contributed by atoms with Gasteiger partial charge in [0.15, 0.2) is 0 Å². The van der Waals surface area contributed by atoms with Crippen LogP contribution in [0.25, 0.3) is 0 Å². The van der Waals surface area contributed by atoms with Gasteiger partial charge in [-0.25, -0.2) is 4.79 Å². The molecule has 0 spiro atoms. The predicted octanol–water partition coefficient (Wildman–Crippen LogP) is 2.15. The molecule has 0 rings (SSSR count). The SMILES string of the molecule is C=CCSC=CCOC(=O)C=C. The van der Waals surface area contributed by atoms with Crippen LogP contribution in [0, 0.1) is 0 Å². The molecule has 0 aliphatic rings. The smallest absolute Gasteiger partial charge is 0.330 e. The van der Waals surface area contributed by atoms with Crippen molar-refractivity contribution in [3.8, 4) is 0 Å². The van der Waals surface area contributed by atoms with E-state index in [1.165, 1.54) is 0 Å². The minimum absolute atomic E-state index is 0.301. The summed E-state index contributed by atoms with van der Waals surface area (Å²) < 4.78 is 4.69. The third kappa shape index (κ3) is 7.15. The van der Waals surface area contributed by atoms with Crippen LogP contribution in [0.4, 0.5) is 0 Å². The molecular weight excluding hydrogens is 172 g/mol. The Bertz CT molecular complexity index is 185. The summed E-state index contributed by atoms with van der Waals surface area (Å²) in [5.74, 6) is 0.472. The fraction of sp³-hybridized carbons (Fsp3) is 0.222. The van der Waals surface area contributed by atoms with Crippen molar-refractivity contribution < 1.29 is 9.53 Å². The summed E-state index contributed by atoms with van der Waals surface area (Å²) in [6.07, 6.45) is 4.73. The highest BCUT2D eigenvalue weighted by Gasteiger charge is 1.89. The lowest BCUT2D eigenvalue weighted by Gasteiger charge is -1.94. The number of ether oxygens (including phenoxy) is 1. The maximum absolute atomic E-state index is 10.5. The lowest BCUT2D eigenvalue weighted by Crippen LogP contribution is -1.98. The highest BCUT2D eigenvalue weighted by atomic mass is 32.2. The fourth-order valence-corrected chi connectivity index (χ4v) is 0.882. The number of esters is 1. The van der Waals surface area contributed by atoms with E-state index in [4.69, 9.17) is 0 Å². The van der Waals surface area contributed by atoms with Crippen molar-refractivity contribution in [2.45, 2.75) is 0 Å². The molecule has 0 heterocycles. The van der Waals surface area contributed by atoms with Gasteiger partial charge in [0.2, 0.25) is 0 Å². The Hall–Kier alpha value is -0.960. The van der Waals surface area contributed by atoms with Gasteiger partial charge < -0.3 is 4.74 Å². The molecule has 0 saturated heterocycles. The monoisotopic (exact) mass is 184 g/mol. The molecule has 12 heavy (non-hydrogen) atoms. The minimum Gasteiger partial charge on any atom is -0.458 e. The summed E-state index contributed by atoms with van der Waals surface area (Å²) in [5.41, 5.74) is 0. The molecule has 2 nitrogen and oxygen atoms in total. The van der Waals surface area contributed by atoms with Gasteiger partial charge in [0.25, 0.3) is 0 Å². The number of hydrogen-bond donors (Lipinski definition) is 0. The second-order valence-corrected chi connectivity index (χ2v) is 2.77. The van der Waals surface area contributed by atoms with E-state index >= 15 is 0 Å². The molecular formula is C9H12O2S. The molecule has 0 unspecified atom stereocenters. The van der Waals surface area contributed by atoms with E-state index in [9.17, 15) is 4.79 Å². The zero-order valence-electron chi connectivity index (χ0n) is 6.86. The summed E-state index contributed by atoms with van der Waals surface area (Å²) in [4.78, 5) is 10.5. The largest absolute Gasteiger partial charge is 0.458 e. The topological polar surface area (TPSA) is 26.3 Å². The van der Waals surface area contributed by atoms with Gasteiger partial charge in [-0.15, -0.1) is 18.3 Å². The molecule has 3 heteroatoms. The number of carbonyl (C=O) groups is 1. The Morgan fingerprint density at radius 1 is 1.50 bits per heavy atom. The minimum atomic E-state index is -0.395. The van der Waals surface area contributed by atoms with Crippen LogP contribution in [-0.2, 0) is 9.53 Å². The van der Waals surface area contributed by atoms with Gasteiger partial charge in [-0.2, -0.15) is 0 Å². The van der Waals surface area contributed by atoms with Crippen LogP contribution in [0.1, 0.15) is 0 Å². The van der Waals surface area contributed by atoms with Crippen molar-refractivity contribution in [3.05, 3.63) is 36.8 Å². The van der Waals surface area contributed by atoms with Crippen LogP contribution in [-0.4, -0.2) is 18.3 Å². The second-order valence-electron chi connectivity index (χ2n) is 1.83. The standard InChI is InChI=1S/C9H12O2S/c1-3-7-12-8-5-6-11-9(10)4-2/h3-5,8H,1-2,6-7H2. The van der Waals surface area contributed by atoms with Crippen molar-refractivity contribution >= 4 is 17.7 Å². The van der Waals surface area contributed by atoms with Crippen LogP contribution in [0.3, 0.4) is 0 Å². The van der Waals surface area contributed by atoms with E-state index in [0.717, 1.165) is 11.8 Å². The van der Waals surface area contributed by atoms with Gasteiger partial charge in [0, 0.05) is 11.8 Å². The second kappa shape index (κ2) is 8.14. The maximum Gasteiger partial charge on any atom is 0.330 e. The third-order valence-electron chi connectivity index (χ3n) is 0.895. The van der Waals surface area contributed by atoms with Gasteiger partial charge in [0.1, 0.15) is 6.61 Å². The lowest BCUT2D eigenvalue weighted by molar-refractivity contribution is -0.136. The molecule has 0 N–H and O–H groups in total. The average molecular weight is 184 g/mol. The van der Waals surface area contributed by atoms with Crippen LogP contribution >= 0.6 is 11.8 Å². The van der Waals surface area contributed by atoms with Crippen molar-refractivity contribution in [3.63, 3.8) is 0 Å². The molecule has 0 aromatic rings. The Labute approximate surface area is 77.0 Å². The number of thioether (sulfide) groups is 1. The Balaban J connectivity index is 3.29. The Morgan fingerprint density at radius 2 is 2.25 bits per heavy atom. The van der Waals surface area contributed by atoms with Crippen molar-refractivity contribution in [1.82, 2.24) is 0 Å². The molecule has 66 valence electrons. The van der Waals surface area contributed by atoms with Crippen LogP contribution in [0.5, 0.6) is 0 Å². The van der Waals surface area contributed by atoms with Gasteiger partial charge in [-0.3, -0.25) is 0 Å². The zero-order chi connectivity index (χ0) is 9.23. The molecule has 0 radical (unpaired) electrons. The first-order chi connectivity index (χ1) is 5.81. The van der Waals surface area contributed by atoms with Gasteiger partial charge >= 0.3 is 5.97 Å². The molecule has 0 amide bonds. The van der Waals surface area contributed by atoms with Crippen molar-refractivity contribution in [1.29, 1.82) is 0 Å². The van der Waals surface area contributed by atoms with Crippen molar-refractivity contribution in [2.75, 3.05) is 12.4 Å². The van der Waals surface area contributed by atoms with Crippen LogP contribution in [0.15, 0.2) is 36.8 Å². The molecule has 0 aromatic heterocycles. The Kier molecular flexibility index (Phi) is 7.49. The molecule has 0 saturated carbocycles. The molecule has 0 aromatic carbocycles. The van der Waals surface area contributed by atoms with E-state index in [1.54, 1.807) is 17.8 Å². The van der Waals surface area contributed by atoms with Gasteiger partial charge in [-0.05, 0) is 11.5 Å². The summed E-state index contributed by atoms with van der Waals surface area (Å²) in [6.45, 7) is 7.14. The number of rotatable bonds is 6. The summed E-state index contributed by atoms with van der Waals surface area (Å²) >= 11 is 1.60. The van der Waals surface area contributed by atoms with Crippen LogP contribution in [0.2, 0.25) is 0 Å². The van der Waals surface area contributed by atoms with E-state index in [0.29, 0.717) is 6.61 Å². The van der Waals surface area contributed by atoms with Gasteiger partial charge in [0.05, 0.1) is 0 Å². The third-order valence-corrected chi connectivity index (χ3v) is 1.71. The first-order valence-electron chi connectivity index (χ1n) is 3.48. The maximum atomic E-state index is 10.5. The van der Waals surface area contributed by atoms with Gasteiger partial charge in [-0.1, -0.05) is 12.7 Å². The van der Waals surface area contributed by atoms with E-state index < -0.39 is 5.97 Å². The van der Waals surface area contributed by atoms with E-state index in [-0.39, 0.29) is 0 Å². The molecule has 0 aliphatic heterocycles. The first-order valence-corrected chi connectivity index (χ1v) is 4.53. The highest BCUT2D eigenvalue weighted by molar-refractivity contribution is 8.02. The predicted molar refractivity (Wildman–Crippen MR) is 53.0 cm³/mol. The molecule has 0 aliphatic carbocycles. The molecule has 0 atom stereocenters. The molecule has 0 fully saturated rings. The number of carbonyl (C=O) groups excluding carboxylic acids is 1. The van der Waals surface area contributed by atoms with Crippen LogP contribution < -0.4 is 0 Å². The zero-order valence-corrected chi connectivity index (χ0v) is 7.68. The number of hydrogen-bond acceptors (Lipinski definition) is 3. The van der Waals surface area contributed by atoms with E-state index in [1.807, 2.05) is 11.5 Å². The Morgan fingerprint density at radius 3 is 2.83 bits per heavy atom. The van der Waals surface area contributed by atoms with E-state index in [2.05, 4.69) is 17.9 Å².